The standard InChI is InChI=1S/C13H26N4O4/c1-8(2)17(9(3)4)6-5-15-13(21)16-10(12(19)20)7-11(14)18/h8-10H,5-7H2,1-4H3,(H2,14,18)(H,19,20)(H2,15,16,21)/t10-/m0/s1. The normalized spacial score (nSPS) is 12.5. The average molecular weight is 302 g/mol. The molecule has 5 N–H and O–H groups in total. The van der Waals surface area contributed by atoms with Gasteiger partial charge in [-0.3, -0.25) is 9.69 Å². The number of hydrogen-bond acceptors (Lipinski definition) is 4. The lowest BCUT2D eigenvalue weighted by molar-refractivity contribution is -0.140. The molecule has 8 nitrogen and oxygen atoms in total. The van der Waals surface area contributed by atoms with Crippen LogP contribution in [-0.4, -0.2) is 59.1 Å². The Balaban J connectivity index is 4.24. The first-order valence-corrected chi connectivity index (χ1v) is 6.96. The molecule has 0 unspecified atom stereocenters. The van der Waals surface area contributed by atoms with E-state index in [2.05, 4.69) is 43.2 Å². The summed E-state index contributed by atoms with van der Waals surface area (Å²) in [5.41, 5.74) is 4.93. The van der Waals surface area contributed by atoms with Crippen molar-refractivity contribution in [1.82, 2.24) is 15.5 Å². The summed E-state index contributed by atoms with van der Waals surface area (Å²) in [6.07, 6.45) is -0.438. The van der Waals surface area contributed by atoms with Gasteiger partial charge in [0.25, 0.3) is 0 Å². The molecule has 0 rings (SSSR count). The van der Waals surface area contributed by atoms with Crippen LogP contribution in [0.5, 0.6) is 0 Å². The third-order valence-electron chi connectivity index (χ3n) is 2.99. The van der Waals surface area contributed by atoms with Crippen LogP contribution in [0.15, 0.2) is 0 Å². The second-order valence-corrected chi connectivity index (χ2v) is 5.39. The number of carbonyl (C=O) groups is 3. The number of nitrogens with zero attached hydrogens (tertiary/aromatic N) is 1. The Morgan fingerprint density at radius 3 is 2.05 bits per heavy atom. The molecule has 0 aromatic heterocycles. The Morgan fingerprint density at radius 2 is 1.67 bits per heavy atom. The number of nitrogens with one attached hydrogen (secondary N) is 2. The first-order valence-electron chi connectivity index (χ1n) is 6.96. The highest BCUT2D eigenvalue weighted by atomic mass is 16.4. The van der Waals surface area contributed by atoms with Gasteiger partial charge in [0, 0.05) is 25.2 Å². The topological polar surface area (TPSA) is 125 Å². The van der Waals surface area contributed by atoms with Crippen LogP contribution in [0.3, 0.4) is 0 Å². The Kier molecular flexibility index (Phi) is 8.37. The Bertz CT molecular complexity index is 363. The Labute approximate surface area is 125 Å². The molecule has 0 heterocycles. The molecule has 0 saturated heterocycles. The minimum atomic E-state index is -1.31. The SMILES string of the molecule is CC(C)N(CCNC(=O)N[C@@H](CC(N)=O)C(=O)O)C(C)C. The Morgan fingerprint density at radius 1 is 1.14 bits per heavy atom. The maximum absolute atomic E-state index is 11.6. The number of carboxylic acid groups (broad SMARTS) is 1. The predicted molar refractivity (Wildman–Crippen MR) is 78.7 cm³/mol. The van der Waals surface area contributed by atoms with Crippen molar-refractivity contribution in [1.29, 1.82) is 0 Å². The fourth-order valence-electron chi connectivity index (χ4n) is 2.02. The van der Waals surface area contributed by atoms with Gasteiger partial charge in [0.2, 0.25) is 5.91 Å². The van der Waals surface area contributed by atoms with Crippen molar-refractivity contribution in [3.05, 3.63) is 0 Å². The van der Waals surface area contributed by atoms with Crippen LogP contribution in [0.1, 0.15) is 34.1 Å². The molecular weight excluding hydrogens is 276 g/mol. The van der Waals surface area contributed by atoms with Crippen molar-refractivity contribution in [2.45, 2.75) is 52.2 Å². The molecule has 0 bridgehead atoms. The summed E-state index contributed by atoms with van der Waals surface area (Å²) in [7, 11) is 0. The number of aliphatic carboxylic acids is 1. The molecule has 1 atom stereocenters. The monoisotopic (exact) mass is 302 g/mol. The number of primary amides is 1. The van der Waals surface area contributed by atoms with Crippen molar-refractivity contribution in [2.75, 3.05) is 13.1 Å². The molecule has 0 aliphatic rings. The molecule has 0 fully saturated rings. The first-order chi connectivity index (χ1) is 9.65. The highest BCUT2D eigenvalue weighted by Crippen LogP contribution is 2.03. The highest BCUT2D eigenvalue weighted by Gasteiger charge is 2.22. The van der Waals surface area contributed by atoms with E-state index in [-0.39, 0.29) is 0 Å². The maximum atomic E-state index is 11.6. The number of urea groups is 1. The summed E-state index contributed by atoms with van der Waals surface area (Å²) in [4.78, 5) is 35.4. The average Bonchev–Trinajstić information content (AvgIpc) is 2.32. The molecule has 0 saturated carbocycles. The second-order valence-electron chi connectivity index (χ2n) is 5.39. The van der Waals surface area contributed by atoms with Gasteiger partial charge in [-0.25, -0.2) is 9.59 Å². The number of rotatable bonds is 9. The number of nitrogens with two attached hydrogens (primary N) is 1. The van der Waals surface area contributed by atoms with E-state index >= 15 is 0 Å². The quantitative estimate of drug-likeness (QED) is 0.467. The summed E-state index contributed by atoms with van der Waals surface area (Å²) in [6.45, 7) is 9.28. The fraction of sp³-hybridized carbons (Fsp3) is 0.769. The summed E-state index contributed by atoms with van der Waals surface area (Å²) in [6, 6.07) is -1.25. The van der Waals surface area contributed by atoms with E-state index in [0.717, 1.165) is 0 Å². The molecule has 8 heteroatoms. The van der Waals surface area contributed by atoms with Crippen LogP contribution in [0.4, 0.5) is 4.79 Å². The Hall–Kier alpha value is -1.83. The van der Waals surface area contributed by atoms with E-state index < -0.39 is 30.4 Å². The fourth-order valence-corrected chi connectivity index (χ4v) is 2.02. The van der Waals surface area contributed by atoms with E-state index in [9.17, 15) is 14.4 Å². The largest absolute Gasteiger partial charge is 0.480 e. The van der Waals surface area contributed by atoms with Gasteiger partial charge < -0.3 is 21.5 Å². The number of carboxylic acids is 1. The number of carbonyl (C=O) groups excluding carboxylic acids is 2. The predicted octanol–water partition coefficient (Wildman–Crippen LogP) is -0.267. The minimum absolute atomic E-state index is 0.344. The van der Waals surface area contributed by atoms with Crippen LogP contribution in [-0.2, 0) is 9.59 Å². The highest BCUT2D eigenvalue weighted by molar-refractivity contribution is 5.87. The lowest BCUT2D eigenvalue weighted by Gasteiger charge is -2.30. The maximum Gasteiger partial charge on any atom is 0.326 e. The van der Waals surface area contributed by atoms with E-state index in [4.69, 9.17) is 10.8 Å². The van der Waals surface area contributed by atoms with E-state index in [0.29, 0.717) is 25.2 Å². The van der Waals surface area contributed by atoms with Gasteiger partial charge in [0.1, 0.15) is 6.04 Å². The van der Waals surface area contributed by atoms with Crippen LogP contribution in [0, 0.1) is 0 Å². The molecule has 0 spiro atoms. The molecule has 0 radical (unpaired) electrons. The van der Waals surface area contributed by atoms with Crippen molar-refractivity contribution < 1.29 is 19.5 Å². The molecule has 0 aromatic carbocycles. The third kappa shape index (κ3) is 8.13. The van der Waals surface area contributed by atoms with Crippen molar-refractivity contribution in [3.63, 3.8) is 0 Å². The van der Waals surface area contributed by atoms with E-state index in [1.807, 2.05) is 0 Å². The van der Waals surface area contributed by atoms with Crippen LogP contribution in [0.25, 0.3) is 0 Å². The summed E-state index contributed by atoms with van der Waals surface area (Å²) < 4.78 is 0. The molecule has 0 aliphatic carbocycles. The minimum Gasteiger partial charge on any atom is -0.480 e. The molecule has 21 heavy (non-hydrogen) atoms. The van der Waals surface area contributed by atoms with Gasteiger partial charge in [-0.05, 0) is 27.7 Å². The third-order valence-corrected chi connectivity index (χ3v) is 2.99. The van der Waals surface area contributed by atoms with Gasteiger partial charge >= 0.3 is 12.0 Å². The zero-order valence-corrected chi connectivity index (χ0v) is 13.0. The lowest BCUT2D eigenvalue weighted by atomic mass is 10.2. The van der Waals surface area contributed by atoms with Crippen LogP contribution >= 0.6 is 0 Å². The first kappa shape index (κ1) is 19.2. The van der Waals surface area contributed by atoms with Crippen molar-refractivity contribution in [3.8, 4) is 0 Å². The van der Waals surface area contributed by atoms with E-state index in [1.54, 1.807) is 0 Å². The summed E-state index contributed by atoms with van der Waals surface area (Å²) in [5, 5.41) is 13.7. The summed E-state index contributed by atoms with van der Waals surface area (Å²) >= 11 is 0. The van der Waals surface area contributed by atoms with Gasteiger partial charge in [-0.2, -0.15) is 0 Å². The second kappa shape index (κ2) is 9.17. The van der Waals surface area contributed by atoms with Gasteiger partial charge in [0.05, 0.1) is 6.42 Å². The zero-order valence-electron chi connectivity index (χ0n) is 13.0. The van der Waals surface area contributed by atoms with Crippen LogP contribution < -0.4 is 16.4 Å². The zero-order chi connectivity index (χ0) is 16.6. The molecule has 0 aromatic rings. The molecule has 3 amide bonds. The molecule has 122 valence electrons. The smallest absolute Gasteiger partial charge is 0.326 e. The van der Waals surface area contributed by atoms with Gasteiger partial charge in [-0.15, -0.1) is 0 Å². The molecular formula is C13H26N4O4. The van der Waals surface area contributed by atoms with E-state index in [1.165, 1.54) is 0 Å². The number of hydrogen-bond donors (Lipinski definition) is 4. The van der Waals surface area contributed by atoms with Crippen molar-refractivity contribution >= 4 is 17.9 Å². The van der Waals surface area contributed by atoms with Gasteiger partial charge in [0.15, 0.2) is 0 Å². The summed E-state index contributed by atoms with van der Waals surface area (Å²) in [5.74, 6) is -2.08. The van der Waals surface area contributed by atoms with Crippen molar-refractivity contribution in [2.24, 2.45) is 5.73 Å². The lowest BCUT2D eigenvalue weighted by Crippen LogP contribution is -2.49. The molecule has 0 aliphatic heterocycles. The van der Waals surface area contributed by atoms with Crippen LogP contribution in [0.2, 0.25) is 0 Å². The number of amides is 3. The van der Waals surface area contributed by atoms with Gasteiger partial charge in [-0.1, -0.05) is 0 Å².